The second-order valence-electron chi connectivity index (χ2n) is 1.79. The molecule has 0 bridgehead atoms. The summed E-state index contributed by atoms with van der Waals surface area (Å²) in [7, 11) is 0. The Kier molecular flexibility index (Phi) is 5.68. The maximum absolute atomic E-state index is 7.57. The molecule has 0 fully saturated rings. The topological polar surface area (TPSA) is 33.1 Å². The number of nitrogens with zero attached hydrogens (tertiary/aromatic N) is 1. The van der Waals surface area contributed by atoms with Gasteiger partial charge in [0, 0.05) is 18.5 Å². The van der Waals surface area contributed by atoms with Crippen molar-refractivity contribution in [2.75, 3.05) is 6.61 Å². The molecule has 0 unspecified atom stereocenters. The molecule has 1 N–H and O–H groups in total. The Morgan fingerprint density at radius 1 is 1.50 bits per heavy atom. The zero-order valence-corrected chi connectivity index (χ0v) is 6.41. The van der Waals surface area contributed by atoms with Crippen molar-refractivity contribution in [3.63, 3.8) is 0 Å². The highest BCUT2D eigenvalue weighted by Crippen LogP contribution is 1.85. The Labute approximate surface area is 61.5 Å². The number of aromatic nitrogens is 1. The summed E-state index contributed by atoms with van der Waals surface area (Å²) in [5, 5.41) is 7.57. The lowest BCUT2D eigenvalue weighted by atomic mass is 10.4. The number of aliphatic hydroxyl groups is 1. The van der Waals surface area contributed by atoms with E-state index in [1.165, 1.54) is 0 Å². The molecule has 0 radical (unpaired) electrons. The van der Waals surface area contributed by atoms with Gasteiger partial charge in [0.25, 0.3) is 0 Å². The molecule has 0 aliphatic heterocycles. The Hall–Kier alpha value is -0.890. The van der Waals surface area contributed by atoms with Crippen LogP contribution in [0.2, 0.25) is 0 Å². The molecule has 0 saturated heterocycles. The minimum atomic E-state index is 0.250. The van der Waals surface area contributed by atoms with Crippen LogP contribution in [0, 0.1) is 6.92 Å². The van der Waals surface area contributed by atoms with E-state index in [1.54, 1.807) is 13.1 Å². The first-order chi connectivity index (χ1) is 4.81. The predicted octanol–water partition coefficient (Wildman–Crippen LogP) is 1.39. The highest BCUT2D eigenvalue weighted by molar-refractivity contribution is 4.99. The molecule has 0 aromatic carbocycles. The third-order valence-electron chi connectivity index (χ3n) is 0.813. The van der Waals surface area contributed by atoms with Crippen molar-refractivity contribution in [2.45, 2.75) is 13.8 Å². The molecule has 1 rings (SSSR count). The maximum Gasteiger partial charge on any atom is 0.0402 e. The fraction of sp³-hybridized carbons (Fsp3) is 0.375. The van der Waals surface area contributed by atoms with Crippen molar-refractivity contribution in [3.05, 3.63) is 30.1 Å². The minimum absolute atomic E-state index is 0.250. The summed E-state index contributed by atoms with van der Waals surface area (Å²) in [5.74, 6) is 0. The Morgan fingerprint density at radius 3 is 2.30 bits per heavy atom. The number of rotatable bonds is 0. The Bertz CT molecular complexity index is 151. The summed E-state index contributed by atoms with van der Waals surface area (Å²) < 4.78 is 0. The molecule has 1 aromatic heterocycles. The molecule has 1 heterocycles. The van der Waals surface area contributed by atoms with Crippen molar-refractivity contribution in [3.8, 4) is 0 Å². The maximum atomic E-state index is 7.57. The van der Waals surface area contributed by atoms with Crippen molar-refractivity contribution in [2.24, 2.45) is 0 Å². The predicted molar refractivity (Wildman–Crippen MR) is 41.7 cm³/mol. The second kappa shape index (κ2) is 6.23. The van der Waals surface area contributed by atoms with Crippen molar-refractivity contribution >= 4 is 0 Å². The van der Waals surface area contributed by atoms with E-state index in [4.69, 9.17) is 5.11 Å². The molecular formula is C8H13NO. The molecule has 0 aliphatic carbocycles. The standard InChI is InChI=1S/C6H7N.C2H6O/c1-6-4-2-3-5-7-6;1-2-3/h2-5H,1H3;3H,2H2,1H3. The van der Waals surface area contributed by atoms with Gasteiger partial charge in [-0.05, 0) is 26.0 Å². The number of pyridine rings is 1. The van der Waals surface area contributed by atoms with E-state index >= 15 is 0 Å². The Balaban J connectivity index is 0.000000236. The van der Waals surface area contributed by atoms with Crippen LogP contribution < -0.4 is 0 Å². The van der Waals surface area contributed by atoms with Gasteiger partial charge in [-0.15, -0.1) is 0 Å². The lowest BCUT2D eigenvalue weighted by Crippen LogP contribution is -1.72. The first-order valence-electron chi connectivity index (χ1n) is 3.29. The SMILES string of the molecule is CCO.Cc1ccccn1. The van der Waals surface area contributed by atoms with Gasteiger partial charge >= 0.3 is 0 Å². The van der Waals surface area contributed by atoms with Gasteiger partial charge in [-0.1, -0.05) is 6.07 Å². The highest BCUT2D eigenvalue weighted by Gasteiger charge is 1.73. The number of aryl methyl sites for hydroxylation is 1. The van der Waals surface area contributed by atoms with Gasteiger partial charge in [0.05, 0.1) is 0 Å². The molecule has 2 nitrogen and oxygen atoms in total. The number of aliphatic hydroxyl groups excluding tert-OH is 1. The van der Waals surface area contributed by atoms with Gasteiger partial charge in [-0.25, -0.2) is 0 Å². The quantitative estimate of drug-likeness (QED) is 0.589. The molecule has 56 valence electrons. The fourth-order valence-electron chi connectivity index (χ4n) is 0.448. The third-order valence-corrected chi connectivity index (χ3v) is 0.813. The van der Waals surface area contributed by atoms with Crippen LogP contribution in [0.15, 0.2) is 24.4 Å². The summed E-state index contributed by atoms with van der Waals surface area (Å²) in [6.45, 7) is 3.90. The van der Waals surface area contributed by atoms with Crippen LogP contribution in [0.25, 0.3) is 0 Å². The normalized spacial score (nSPS) is 7.90. The third kappa shape index (κ3) is 5.25. The van der Waals surface area contributed by atoms with Crippen LogP contribution in [0.5, 0.6) is 0 Å². The van der Waals surface area contributed by atoms with Crippen molar-refractivity contribution in [1.29, 1.82) is 0 Å². The average molecular weight is 139 g/mol. The molecule has 0 atom stereocenters. The summed E-state index contributed by atoms with van der Waals surface area (Å²) in [5.41, 5.74) is 1.07. The Morgan fingerprint density at radius 2 is 2.10 bits per heavy atom. The molecule has 0 aliphatic rings. The van der Waals surface area contributed by atoms with E-state index in [9.17, 15) is 0 Å². The molecule has 2 heteroatoms. The van der Waals surface area contributed by atoms with Gasteiger partial charge in [-0.3, -0.25) is 4.98 Å². The molecule has 1 aromatic rings. The molecular weight excluding hydrogens is 126 g/mol. The van der Waals surface area contributed by atoms with E-state index in [2.05, 4.69) is 4.98 Å². The minimum Gasteiger partial charge on any atom is -0.397 e. The smallest absolute Gasteiger partial charge is 0.0402 e. The summed E-state index contributed by atoms with van der Waals surface area (Å²) in [6, 6.07) is 5.86. The number of hydrogen-bond acceptors (Lipinski definition) is 2. The number of hydrogen-bond donors (Lipinski definition) is 1. The monoisotopic (exact) mass is 139 g/mol. The van der Waals surface area contributed by atoms with Gasteiger partial charge in [0.2, 0.25) is 0 Å². The van der Waals surface area contributed by atoms with Gasteiger partial charge in [-0.2, -0.15) is 0 Å². The summed E-state index contributed by atoms with van der Waals surface area (Å²) >= 11 is 0. The van der Waals surface area contributed by atoms with Crippen molar-refractivity contribution in [1.82, 2.24) is 4.98 Å². The molecule has 10 heavy (non-hydrogen) atoms. The molecule has 0 spiro atoms. The van der Waals surface area contributed by atoms with Gasteiger partial charge in [0.15, 0.2) is 0 Å². The second-order valence-corrected chi connectivity index (χ2v) is 1.79. The summed E-state index contributed by atoms with van der Waals surface area (Å²) in [4.78, 5) is 3.98. The zero-order chi connectivity index (χ0) is 7.82. The lowest BCUT2D eigenvalue weighted by Gasteiger charge is -1.82. The average Bonchev–Trinajstić information content (AvgIpc) is 1.91. The van der Waals surface area contributed by atoms with Crippen LogP contribution in [0.4, 0.5) is 0 Å². The fourth-order valence-corrected chi connectivity index (χ4v) is 0.448. The van der Waals surface area contributed by atoms with E-state index in [-0.39, 0.29) is 6.61 Å². The lowest BCUT2D eigenvalue weighted by molar-refractivity contribution is 0.318. The van der Waals surface area contributed by atoms with E-state index in [0.29, 0.717) is 0 Å². The first kappa shape index (κ1) is 9.11. The largest absolute Gasteiger partial charge is 0.397 e. The van der Waals surface area contributed by atoms with E-state index in [0.717, 1.165) is 5.69 Å². The first-order valence-corrected chi connectivity index (χ1v) is 3.29. The van der Waals surface area contributed by atoms with Crippen LogP contribution in [-0.2, 0) is 0 Å². The zero-order valence-electron chi connectivity index (χ0n) is 6.41. The highest BCUT2D eigenvalue weighted by atomic mass is 16.2. The van der Waals surface area contributed by atoms with Crippen LogP contribution >= 0.6 is 0 Å². The molecule has 0 saturated carbocycles. The van der Waals surface area contributed by atoms with Gasteiger partial charge < -0.3 is 5.11 Å². The van der Waals surface area contributed by atoms with Gasteiger partial charge in [0.1, 0.15) is 0 Å². The van der Waals surface area contributed by atoms with Crippen LogP contribution in [-0.4, -0.2) is 16.7 Å². The van der Waals surface area contributed by atoms with Crippen LogP contribution in [0.1, 0.15) is 12.6 Å². The van der Waals surface area contributed by atoms with Crippen molar-refractivity contribution < 1.29 is 5.11 Å². The summed E-state index contributed by atoms with van der Waals surface area (Å²) in [6.07, 6.45) is 1.79. The van der Waals surface area contributed by atoms with E-state index in [1.807, 2.05) is 25.1 Å². The van der Waals surface area contributed by atoms with E-state index < -0.39 is 0 Å². The van der Waals surface area contributed by atoms with Crippen LogP contribution in [0.3, 0.4) is 0 Å². The molecule has 0 amide bonds.